The van der Waals surface area contributed by atoms with Crippen LogP contribution < -0.4 is 4.90 Å². The number of benzene rings is 2. The summed E-state index contributed by atoms with van der Waals surface area (Å²) >= 11 is 0. The number of nitrogens with zero attached hydrogens (tertiary/aromatic N) is 7. The van der Waals surface area contributed by atoms with E-state index < -0.39 is 0 Å². The fraction of sp³-hybridized carbons (Fsp3) is 0.261. The van der Waals surface area contributed by atoms with Gasteiger partial charge in [0.1, 0.15) is 0 Å². The third kappa shape index (κ3) is 3.72. The van der Waals surface area contributed by atoms with Gasteiger partial charge in [-0.1, -0.05) is 30.3 Å². The molecular formula is C23H23N7O. The van der Waals surface area contributed by atoms with Crippen molar-refractivity contribution in [1.82, 2.24) is 29.9 Å². The van der Waals surface area contributed by atoms with Crippen LogP contribution in [0.2, 0.25) is 0 Å². The first-order valence-corrected chi connectivity index (χ1v) is 10.4. The average molecular weight is 413 g/mol. The van der Waals surface area contributed by atoms with E-state index in [1.165, 1.54) is 4.80 Å². The summed E-state index contributed by atoms with van der Waals surface area (Å²) in [4.78, 5) is 28.4. The summed E-state index contributed by atoms with van der Waals surface area (Å²) in [5, 5.41) is 9.42. The lowest BCUT2D eigenvalue weighted by atomic mass is 10.1. The molecule has 156 valence electrons. The van der Waals surface area contributed by atoms with Gasteiger partial charge in [0.15, 0.2) is 0 Å². The maximum absolute atomic E-state index is 13.5. The van der Waals surface area contributed by atoms with Gasteiger partial charge in [-0.05, 0) is 31.5 Å². The van der Waals surface area contributed by atoms with Crippen molar-refractivity contribution < 1.29 is 4.79 Å². The number of amides is 1. The van der Waals surface area contributed by atoms with Gasteiger partial charge >= 0.3 is 0 Å². The zero-order chi connectivity index (χ0) is 21.2. The Balaban J connectivity index is 1.39. The van der Waals surface area contributed by atoms with Crippen molar-refractivity contribution in [3.05, 3.63) is 72.7 Å². The van der Waals surface area contributed by atoms with Crippen LogP contribution in [-0.2, 0) is 0 Å². The predicted octanol–water partition coefficient (Wildman–Crippen LogP) is 2.95. The fourth-order valence-electron chi connectivity index (χ4n) is 4.00. The molecule has 8 heteroatoms. The van der Waals surface area contributed by atoms with E-state index in [1.807, 2.05) is 59.6 Å². The lowest BCUT2D eigenvalue weighted by Crippen LogP contribution is -2.40. The van der Waals surface area contributed by atoms with E-state index in [0.717, 1.165) is 23.9 Å². The number of fused-ring (bicyclic) bond motifs is 1. The molecule has 0 radical (unpaired) electrons. The highest BCUT2D eigenvalue weighted by Gasteiger charge is 2.28. The zero-order valence-corrected chi connectivity index (χ0v) is 17.3. The van der Waals surface area contributed by atoms with E-state index in [4.69, 9.17) is 4.98 Å². The monoisotopic (exact) mass is 413 g/mol. The molecule has 1 amide bonds. The normalized spacial score (nSPS) is 17.0. The van der Waals surface area contributed by atoms with Crippen molar-refractivity contribution in [3.63, 3.8) is 0 Å². The Bertz CT molecular complexity index is 1210. The Morgan fingerprint density at radius 3 is 2.61 bits per heavy atom. The molecule has 31 heavy (non-hydrogen) atoms. The Labute approximate surface area is 180 Å². The minimum atomic E-state index is -0.0123. The van der Waals surface area contributed by atoms with Gasteiger partial charge in [-0.25, -0.2) is 9.97 Å². The number of carbonyl (C=O) groups excluding carboxylic acids is 1. The van der Waals surface area contributed by atoms with Gasteiger partial charge in [-0.15, -0.1) is 0 Å². The number of anilines is 1. The molecule has 3 heterocycles. The van der Waals surface area contributed by atoms with Gasteiger partial charge in [-0.3, -0.25) is 4.79 Å². The number of rotatable bonds is 3. The summed E-state index contributed by atoms with van der Waals surface area (Å²) in [7, 11) is 0. The van der Waals surface area contributed by atoms with Crippen LogP contribution in [0.1, 0.15) is 23.7 Å². The van der Waals surface area contributed by atoms with Crippen molar-refractivity contribution in [3.8, 4) is 5.69 Å². The first-order chi connectivity index (χ1) is 15.2. The van der Waals surface area contributed by atoms with Crippen LogP contribution in [0.3, 0.4) is 0 Å². The van der Waals surface area contributed by atoms with E-state index in [2.05, 4.69) is 27.0 Å². The van der Waals surface area contributed by atoms with Crippen LogP contribution >= 0.6 is 0 Å². The molecule has 0 unspecified atom stereocenters. The summed E-state index contributed by atoms with van der Waals surface area (Å²) in [6, 6.07) is 15.5. The first kappa shape index (κ1) is 19.2. The molecular weight excluding hydrogens is 390 g/mol. The average Bonchev–Trinajstić information content (AvgIpc) is 3.28. The molecule has 1 saturated heterocycles. The molecule has 1 fully saturated rings. The molecule has 2 aromatic heterocycles. The van der Waals surface area contributed by atoms with Crippen molar-refractivity contribution in [2.75, 3.05) is 24.5 Å². The van der Waals surface area contributed by atoms with E-state index in [1.54, 1.807) is 12.4 Å². The SMILES string of the molecule is C[C@@H]1CCN(c2ncc3ccccc3n2)CCN1C(=O)c1ccccc1-n1nccn1. The number of aromatic nitrogens is 5. The number of hydrogen-bond donors (Lipinski definition) is 0. The molecule has 8 nitrogen and oxygen atoms in total. The molecule has 0 N–H and O–H groups in total. The van der Waals surface area contributed by atoms with Crippen molar-refractivity contribution >= 4 is 22.8 Å². The van der Waals surface area contributed by atoms with Crippen molar-refractivity contribution in [2.24, 2.45) is 0 Å². The fourth-order valence-corrected chi connectivity index (χ4v) is 4.00. The van der Waals surface area contributed by atoms with E-state index in [-0.39, 0.29) is 11.9 Å². The largest absolute Gasteiger partial charge is 0.339 e. The van der Waals surface area contributed by atoms with Gasteiger partial charge in [-0.2, -0.15) is 15.0 Å². The van der Waals surface area contributed by atoms with Crippen LogP contribution in [0.25, 0.3) is 16.6 Å². The summed E-state index contributed by atoms with van der Waals surface area (Å²) in [5.41, 5.74) is 2.21. The highest BCUT2D eigenvalue weighted by atomic mass is 16.2. The highest BCUT2D eigenvalue weighted by molar-refractivity contribution is 5.98. The quantitative estimate of drug-likeness (QED) is 0.514. The molecule has 4 aromatic rings. The molecule has 0 bridgehead atoms. The summed E-state index contributed by atoms with van der Waals surface area (Å²) in [6.07, 6.45) is 5.92. The summed E-state index contributed by atoms with van der Waals surface area (Å²) in [6.45, 7) is 4.16. The Morgan fingerprint density at radius 2 is 1.74 bits per heavy atom. The second-order valence-electron chi connectivity index (χ2n) is 7.69. The van der Waals surface area contributed by atoms with Crippen LogP contribution in [0, 0.1) is 0 Å². The van der Waals surface area contributed by atoms with E-state index in [0.29, 0.717) is 30.3 Å². The molecule has 1 aliphatic rings. The number of para-hydroxylation sites is 2. The molecule has 2 aromatic carbocycles. The standard InChI is InChI=1S/C23H23N7O/c1-17-10-13-28(23-24-16-18-6-2-4-8-20(18)27-23)14-15-29(17)22(31)19-7-3-5-9-21(19)30-25-11-12-26-30/h2-9,11-12,16-17H,10,13-15H2,1H3/t17-/m1/s1. The Kier molecular flexibility index (Phi) is 5.03. The van der Waals surface area contributed by atoms with Crippen molar-refractivity contribution in [1.29, 1.82) is 0 Å². The lowest BCUT2D eigenvalue weighted by molar-refractivity contribution is 0.0705. The van der Waals surface area contributed by atoms with Crippen LogP contribution in [0.4, 0.5) is 5.95 Å². The summed E-state index contributed by atoms with van der Waals surface area (Å²) < 4.78 is 0. The van der Waals surface area contributed by atoms with Crippen molar-refractivity contribution in [2.45, 2.75) is 19.4 Å². The van der Waals surface area contributed by atoms with Crippen LogP contribution in [0.5, 0.6) is 0 Å². The van der Waals surface area contributed by atoms with Gasteiger partial charge in [0, 0.05) is 37.3 Å². The Morgan fingerprint density at radius 1 is 0.968 bits per heavy atom. The van der Waals surface area contributed by atoms with E-state index in [9.17, 15) is 4.79 Å². The number of carbonyl (C=O) groups is 1. The second-order valence-corrected chi connectivity index (χ2v) is 7.69. The number of hydrogen-bond acceptors (Lipinski definition) is 6. The molecule has 0 spiro atoms. The topological polar surface area (TPSA) is 80.0 Å². The van der Waals surface area contributed by atoms with Gasteiger partial charge in [0.25, 0.3) is 5.91 Å². The van der Waals surface area contributed by atoms with Crippen LogP contribution in [0.15, 0.2) is 67.1 Å². The van der Waals surface area contributed by atoms with Gasteiger partial charge in [0.05, 0.1) is 29.2 Å². The van der Waals surface area contributed by atoms with E-state index >= 15 is 0 Å². The minimum absolute atomic E-state index is 0.0123. The zero-order valence-electron chi connectivity index (χ0n) is 17.3. The lowest BCUT2D eigenvalue weighted by Gasteiger charge is -2.27. The van der Waals surface area contributed by atoms with Gasteiger partial charge in [0.2, 0.25) is 5.95 Å². The predicted molar refractivity (Wildman–Crippen MR) is 118 cm³/mol. The summed E-state index contributed by atoms with van der Waals surface area (Å²) in [5.74, 6) is 0.697. The smallest absolute Gasteiger partial charge is 0.256 e. The minimum Gasteiger partial charge on any atom is -0.339 e. The maximum atomic E-state index is 13.5. The third-order valence-electron chi connectivity index (χ3n) is 5.75. The van der Waals surface area contributed by atoms with Gasteiger partial charge < -0.3 is 9.80 Å². The molecule has 1 atom stereocenters. The molecule has 5 rings (SSSR count). The Hall–Kier alpha value is -3.81. The highest BCUT2D eigenvalue weighted by Crippen LogP contribution is 2.22. The molecule has 0 saturated carbocycles. The van der Waals surface area contributed by atoms with Crippen LogP contribution in [-0.4, -0.2) is 61.4 Å². The third-order valence-corrected chi connectivity index (χ3v) is 5.75. The maximum Gasteiger partial charge on any atom is 0.256 e. The molecule has 1 aliphatic heterocycles. The first-order valence-electron chi connectivity index (χ1n) is 10.4. The molecule has 0 aliphatic carbocycles. The second kappa shape index (κ2) is 8.14.